The first kappa shape index (κ1) is 16.3. The van der Waals surface area contributed by atoms with E-state index in [1.807, 2.05) is 35.8 Å². The Balaban J connectivity index is 1.88. The van der Waals surface area contributed by atoms with Crippen LogP contribution in [0.4, 0.5) is 0 Å². The molecule has 1 heterocycles. The van der Waals surface area contributed by atoms with E-state index in [4.69, 9.17) is 4.74 Å². The third kappa shape index (κ3) is 3.84. The van der Waals surface area contributed by atoms with Crippen LogP contribution in [0.15, 0.2) is 54.6 Å². The zero-order valence-electron chi connectivity index (χ0n) is 13.2. The predicted octanol–water partition coefficient (Wildman–Crippen LogP) is 2.94. The van der Waals surface area contributed by atoms with Gasteiger partial charge in [-0.3, -0.25) is 9.59 Å². The molecule has 7 nitrogen and oxygen atoms in total. The molecular formula is C18H14N2O5. The number of nitrogens with zero attached hydrogens (tertiary/aromatic N) is 1. The van der Waals surface area contributed by atoms with Crippen molar-refractivity contribution in [3.63, 3.8) is 0 Å². The molecule has 0 aliphatic rings. The van der Waals surface area contributed by atoms with Crippen LogP contribution >= 0.6 is 0 Å². The number of benzene rings is 2. The number of fused-ring (bicyclic) bond motifs is 1. The van der Waals surface area contributed by atoms with Crippen molar-refractivity contribution in [3.8, 4) is 17.2 Å². The minimum atomic E-state index is -0.820. The average Bonchev–Trinajstić information content (AvgIpc) is 2.60. The van der Waals surface area contributed by atoms with Gasteiger partial charge in [0.1, 0.15) is 17.2 Å². The molecule has 126 valence electrons. The highest BCUT2D eigenvalue weighted by Gasteiger charge is 2.16. The van der Waals surface area contributed by atoms with Crippen LogP contribution in [0.3, 0.4) is 0 Å². The molecule has 1 amide bonds. The number of ether oxygens (including phenoxy) is 1. The summed E-state index contributed by atoms with van der Waals surface area (Å²) in [5.74, 6) is -0.599. The van der Waals surface area contributed by atoms with Crippen molar-refractivity contribution >= 4 is 22.8 Å². The smallest absolute Gasteiger partial charge is 0.329 e. The fourth-order valence-corrected chi connectivity index (χ4v) is 2.17. The molecule has 0 fully saturated rings. The number of rotatable bonds is 3. The third-order valence-corrected chi connectivity index (χ3v) is 3.25. The van der Waals surface area contributed by atoms with Gasteiger partial charge in [0, 0.05) is 12.3 Å². The zero-order valence-corrected chi connectivity index (χ0v) is 13.2. The zero-order chi connectivity index (χ0) is 17.8. The number of amides is 1. The van der Waals surface area contributed by atoms with E-state index < -0.39 is 11.9 Å². The highest BCUT2D eigenvalue weighted by atomic mass is 16.7. The number of pyridine rings is 1. The Kier molecular flexibility index (Phi) is 4.47. The Bertz CT molecular complexity index is 941. The SMILES string of the molecule is CC(=O)ONC(=O)c1nc2ccc(Oc3ccccc3)cc2cc1O. The number of nitrogens with one attached hydrogen (secondary N) is 1. The van der Waals surface area contributed by atoms with Crippen LogP contribution in [0, 0.1) is 0 Å². The van der Waals surface area contributed by atoms with E-state index in [9.17, 15) is 14.7 Å². The Morgan fingerprint density at radius 1 is 1.04 bits per heavy atom. The summed E-state index contributed by atoms with van der Waals surface area (Å²) < 4.78 is 5.72. The summed E-state index contributed by atoms with van der Waals surface area (Å²) in [6.45, 7) is 1.14. The number of para-hydroxylation sites is 1. The van der Waals surface area contributed by atoms with E-state index in [2.05, 4.69) is 9.82 Å². The van der Waals surface area contributed by atoms with Crippen LogP contribution in [-0.4, -0.2) is 22.0 Å². The number of aromatic nitrogens is 1. The molecule has 0 atom stereocenters. The maximum atomic E-state index is 11.9. The summed E-state index contributed by atoms with van der Waals surface area (Å²) in [6, 6.07) is 15.7. The van der Waals surface area contributed by atoms with E-state index in [1.54, 1.807) is 18.2 Å². The van der Waals surface area contributed by atoms with Crippen molar-refractivity contribution < 1.29 is 24.3 Å². The van der Waals surface area contributed by atoms with Gasteiger partial charge in [-0.05, 0) is 36.4 Å². The fourth-order valence-electron chi connectivity index (χ4n) is 2.17. The summed E-state index contributed by atoms with van der Waals surface area (Å²) in [6.07, 6.45) is 0. The van der Waals surface area contributed by atoms with Gasteiger partial charge in [0.15, 0.2) is 5.69 Å². The number of hydrogen-bond donors (Lipinski definition) is 2. The third-order valence-electron chi connectivity index (χ3n) is 3.25. The molecule has 0 radical (unpaired) electrons. The summed E-state index contributed by atoms with van der Waals surface area (Å²) >= 11 is 0. The van der Waals surface area contributed by atoms with Gasteiger partial charge in [0.25, 0.3) is 0 Å². The molecule has 2 N–H and O–H groups in total. The molecule has 0 saturated heterocycles. The second-order valence-electron chi connectivity index (χ2n) is 5.15. The van der Waals surface area contributed by atoms with E-state index in [0.717, 1.165) is 6.92 Å². The van der Waals surface area contributed by atoms with E-state index in [0.29, 0.717) is 22.4 Å². The molecule has 0 unspecified atom stereocenters. The molecule has 0 aliphatic carbocycles. The number of carbonyl (C=O) groups is 2. The van der Waals surface area contributed by atoms with E-state index >= 15 is 0 Å². The monoisotopic (exact) mass is 338 g/mol. The summed E-state index contributed by atoms with van der Waals surface area (Å²) in [5, 5.41) is 10.6. The normalized spacial score (nSPS) is 10.3. The number of hydroxylamine groups is 1. The van der Waals surface area contributed by atoms with E-state index in [1.165, 1.54) is 6.07 Å². The second kappa shape index (κ2) is 6.88. The Morgan fingerprint density at radius 2 is 1.80 bits per heavy atom. The minimum absolute atomic E-state index is 0.245. The first-order chi connectivity index (χ1) is 12.0. The predicted molar refractivity (Wildman–Crippen MR) is 89.2 cm³/mol. The molecule has 25 heavy (non-hydrogen) atoms. The van der Waals surface area contributed by atoms with Crippen LogP contribution in [0.1, 0.15) is 17.4 Å². The molecule has 0 spiro atoms. The largest absolute Gasteiger partial charge is 0.505 e. The van der Waals surface area contributed by atoms with Crippen molar-refractivity contribution in [1.29, 1.82) is 0 Å². The van der Waals surface area contributed by atoms with Crippen molar-refractivity contribution in [3.05, 3.63) is 60.3 Å². The van der Waals surface area contributed by atoms with Gasteiger partial charge in [-0.2, -0.15) is 5.48 Å². The van der Waals surface area contributed by atoms with Gasteiger partial charge >= 0.3 is 11.9 Å². The Labute approximate surface area is 142 Å². The lowest BCUT2D eigenvalue weighted by Gasteiger charge is -2.09. The second-order valence-corrected chi connectivity index (χ2v) is 5.15. The van der Waals surface area contributed by atoms with Gasteiger partial charge in [0.2, 0.25) is 0 Å². The number of hydrogen-bond acceptors (Lipinski definition) is 6. The highest BCUT2D eigenvalue weighted by molar-refractivity contribution is 5.97. The van der Waals surface area contributed by atoms with Crippen LogP contribution in [0.2, 0.25) is 0 Å². The molecule has 2 aromatic carbocycles. The number of aromatic hydroxyl groups is 1. The molecule has 7 heteroatoms. The molecule has 0 aliphatic heterocycles. The summed E-state index contributed by atoms with van der Waals surface area (Å²) in [4.78, 5) is 31.1. The Hall–Kier alpha value is -3.61. The van der Waals surface area contributed by atoms with Crippen LogP contribution in [-0.2, 0) is 9.63 Å². The topological polar surface area (TPSA) is 97.8 Å². The number of carbonyl (C=O) groups excluding carboxylic acids is 2. The molecule has 1 aromatic heterocycles. The fraction of sp³-hybridized carbons (Fsp3) is 0.0556. The minimum Gasteiger partial charge on any atom is -0.505 e. The van der Waals surface area contributed by atoms with Crippen molar-refractivity contribution in [2.45, 2.75) is 6.92 Å². The molecule has 0 saturated carbocycles. The first-order valence-corrected chi connectivity index (χ1v) is 7.37. The Morgan fingerprint density at radius 3 is 2.52 bits per heavy atom. The molecule has 0 bridgehead atoms. The molecule has 3 aromatic rings. The standard InChI is InChI=1S/C18H14N2O5/c1-11(21)25-20-18(23)17-16(22)10-12-9-14(7-8-15(12)19-17)24-13-5-3-2-4-6-13/h2-10,22H,1H3,(H,20,23). The van der Waals surface area contributed by atoms with Crippen molar-refractivity contribution in [2.75, 3.05) is 0 Å². The van der Waals surface area contributed by atoms with Gasteiger partial charge in [-0.25, -0.2) is 4.98 Å². The van der Waals surface area contributed by atoms with Crippen LogP contribution in [0.5, 0.6) is 17.2 Å². The van der Waals surface area contributed by atoms with Crippen LogP contribution in [0.25, 0.3) is 10.9 Å². The quantitative estimate of drug-likeness (QED) is 0.713. The lowest BCUT2D eigenvalue weighted by atomic mass is 10.1. The maximum Gasteiger partial charge on any atom is 0.329 e. The first-order valence-electron chi connectivity index (χ1n) is 7.37. The van der Waals surface area contributed by atoms with Gasteiger partial charge in [-0.15, -0.1) is 0 Å². The van der Waals surface area contributed by atoms with Gasteiger partial charge in [-0.1, -0.05) is 18.2 Å². The summed E-state index contributed by atoms with van der Waals surface area (Å²) in [5.41, 5.74) is 2.15. The molecule has 3 rings (SSSR count). The molecular weight excluding hydrogens is 324 g/mol. The average molecular weight is 338 g/mol. The van der Waals surface area contributed by atoms with Crippen molar-refractivity contribution in [2.24, 2.45) is 0 Å². The van der Waals surface area contributed by atoms with Gasteiger partial charge < -0.3 is 14.7 Å². The lowest BCUT2D eigenvalue weighted by Crippen LogP contribution is -2.26. The lowest BCUT2D eigenvalue weighted by molar-refractivity contribution is -0.146. The van der Waals surface area contributed by atoms with Crippen LogP contribution < -0.4 is 10.2 Å². The highest BCUT2D eigenvalue weighted by Crippen LogP contribution is 2.28. The van der Waals surface area contributed by atoms with Gasteiger partial charge in [0.05, 0.1) is 5.52 Å². The maximum absolute atomic E-state index is 11.9. The summed E-state index contributed by atoms with van der Waals surface area (Å²) in [7, 11) is 0. The van der Waals surface area contributed by atoms with Crippen molar-refractivity contribution in [1.82, 2.24) is 10.5 Å². The van der Waals surface area contributed by atoms with E-state index in [-0.39, 0.29) is 11.4 Å².